The van der Waals surface area contributed by atoms with E-state index in [9.17, 15) is 0 Å². The molecule has 5 rings (SSSR count). The van der Waals surface area contributed by atoms with Crippen LogP contribution in [0.25, 0.3) is 21.8 Å². The van der Waals surface area contributed by atoms with E-state index in [-0.39, 0.29) is 0 Å². The molecule has 0 amide bonds. The summed E-state index contributed by atoms with van der Waals surface area (Å²) >= 11 is 0. The molecule has 1 aromatic carbocycles. The predicted octanol–water partition coefficient (Wildman–Crippen LogP) is 2.36. The molecule has 0 aliphatic carbocycles. The molecular formula is C19H20N8. The van der Waals surface area contributed by atoms with Gasteiger partial charge < -0.3 is 15.5 Å². The minimum atomic E-state index is 0.725. The molecule has 0 atom stereocenters. The SMILES string of the molecule is Cc1ccc2[nH]ncc2c1Nc1nccc2c(N3CCNCC3)ncnc12. The summed E-state index contributed by atoms with van der Waals surface area (Å²) in [6, 6.07) is 6.09. The first-order valence-corrected chi connectivity index (χ1v) is 9.06. The molecule has 1 saturated heterocycles. The number of nitrogens with one attached hydrogen (secondary N) is 3. The Balaban J connectivity index is 1.61. The second-order valence-electron chi connectivity index (χ2n) is 6.70. The Kier molecular flexibility index (Phi) is 3.83. The zero-order valence-electron chi connectivity index (χ0n) is 15.0. The van der Waals surface area contributed by atoms with Crippen LogP contribution in [0.5, 0.6) is 0 Å². The minimum Gasteiger partial charge on any atom is -0.353 e. The number of piperazine rings is 1. The summed E-state index contributed by atoms with van der Waals surface area (Å²) in [4.78, 5) is 15.9. The fourth-order valence-corrected chi connectivity index (χ4v) is 3.61. The maximum atomic E-state index is 4.56. The van der Waals surface area contributed by atoms with Crippen molar-refractivity contribution < 1.29 is 0 Å². The number of rotatable bonds is 3. The summed E-state index contributed by atoms with van der Waals surface area (Å²) < 4.78 is 0. The Morgan fingerprint density at radius 3 is 2.81 bits per heavy atom. The highest BCUT2D eigenvalue weighted by Crippen LogP contribution is 2.32. The Bertz CT molecular complexity index is 1110. The molecule has 8 heteroatoms. The summed E-state index contributed by atoms with van der Waals surface area (Å²) in [7, 11) is 0. The van der Waals surface area contributed by atoms with Crippen LogP contribution in [0, 0.1) is 6.92 Å². The van der Waals surface area contributed by atoms with Crippen molar-refractivity contribution in [1.29, 1.82) is 0 Å². The van der Waals surface area contributed by atoms with Gasteiger partial charge in [-0.15, -0.1) is 0 Å². The average molecular weight is 360 g/mol. The number of benzene rings is 1. The van der Waals surface area contributed by atoms with Crippen molar-refractivity contribution in [2.75, 3.05) is 36.4 Å². The summed E-state index contributed by atoms with van der Waals surface area (Å²) in [5.41, 5.74) is 3.92. The number of hydrogen-bond donors (Lipinski definition) is 3. The largest absolute Gasteiger partial charge is 0.353 e. The number of pyridine rings is 1. The normalized spacial score (nSPS) is 14.8. The molecule has 8 nitrogen and oxygen atoms in total. The van der Waals surface area contributed by atoms with E-state index in [1.807, 2.05) is 24.5 Å². The molecule has 0 saturated carbocycles. The fraction of sp³-hybridized carbons (Fsp3) is 0.263. The van der Waals surface area contributed by atoms with Crippen LogP contribution >= 0.6 is 0 Å². The lowest BCUT2D eigenvalue weighted by Crippen LogP contribution is -2.44. The third kappa shape index (κ3) is 2.74. The predicted molar refractivity (Wildman–Crippen MR) is 107 cm³/mol. The molecule has 1 aliphatic heterocycles. The molecule has 27 heavy (non-hydrogen) atoms. The van der Waals surface area contributed by atoms with Crippen LogP contribution in [-0.2, 0) is 0 Å². The van der Waals surface area contributed by atoms with Gasteiger partial charge in [-0.05, 0) is 24.6 Å². The first-order chi connectivity index (χ1) is 13.3. The second-order valence-corrected chi connectivity index (χ2v) is 6.70. The van der Waals surface area contributed by atoms with Crippen LogP contribution in [0.15, 0.2) is 36.9 Å². The number of H-pyrrole nitrogens is 1. The first kappa shape index (κ1) is 16.0. The summed E-state index contributed by atoms with van der Waals surface area (Å²) in [5, 5.41) is 16.1. The summed E-state index contributed by atoms with van der Waals surface area (Å²) in [6.07, 6.45) is 5.26. The van der Waals surface area contributed by atoms with E-state index in [0.29, 0.717) is 0 Å². The van der Waals surface area contributed by atoms with E-state index in [0.717, 1.165) is 70.9 Å². The Morgan fingerprint density at radius 1 is 1.04 bits per heavy atom. The molecule has 4 aromatic rings. The number of nitrogens with zero attached hydrogens (tertiary/aromatic N) is 5. The lowest BCUT2D eigenvalue weighted by atomic mass is 10.1. The van der Waals surface area contributed by atoms with Crippen molar-refractivity contribution in [3.63, 3.8) is 0 Å². The lowest BCUT2D eigenvalue weighted by Gasteiger charge is -2.29. The summed E-state index contributed by atoms with van der Waals surface area (Å²) in [6.45, 7) is 5.86. The van der Waals surface area contributed by atoms with Gasteiger partial charge in [0, 0.05) is 43.1 Å². The molecule has 0 radical (unpaired) electrons. The van der Waals surface area contributed by atoms with Crippen LogP contribution in [0.2, 0.25) is 0 Å². The number of fused-ring (bicyclic) bond motifs is 2. The maximum absolute atomic E-state index is 4.56. The first-order valence-electron chi connectivity index (χ1n) is 9.06. The van der Waals surface area contributed by atoms with Crippen molar-refractivity contribution in [3.05, 3.63) is 42.5 Å². The van der Waals surface area contributed by atoms with Gasteiger partial charge in [0.25, 0.3) is 0 Å². The Hall–Kier alpha value is -3.26. The van der Waals surface area contributed by atoms with E-state index >= 15 is 0 Å². The average Bonchev–Trinajstić information content (AvgIpc) is 3.19. The quantitative estimate of drug-likeness (QED) is 0.516. The zero-order chi connectivity index (χ0) is 18.2. The van der Waals surface area contributed by atoms with Crippen molar-refractivity contribution in [3.8, 4) is 0 Å². The lowest BCUT2D eigenvalue weighted by molar-refractivity contribution is 0.586. The van der Waals surface area contributed by atoms with Gasteiger partial charge >= 0.3 is 0 Å². The molecule has 4 heterocycles. The highest BCUT2D eigenvalue weighted by molar-refractivity contribution is 6.00. The standard InChI is InChI=1S/C19H20N8/c1-12-2-3-15-14(10-24-26-15)16(12)25-18-17-13(4-5-21-18)19(23-11-22-17)27-8-6-20-7-9-27/h2-5,10-11,20H,6-9H2,1H3,(H,21,25)(H,24,26). The van der Waals surface area contributed by atoms with Crippen LogP contribution in [0.4, 0.5) is 17.3 Å². The van der Waals surface area contributed by atoms with Gasteiger partial charge in [-0.3, -0.25) is 5.10 Å². The number of aromatic amines is 1. The molecule has 0 bridgehead atoms. The zero-order valence-corrected chi connectivity index (χ0v) is 15.0. The van der Waals surface area contributed by atoms with Crippen molar-refractivity contribution in [2.45, 2.75) is 6.92 Å². The van der Waals surface area contributed by atoms with Gasteiger partial charge in [0.15, 0.2) is 5.82 Å². The molecule has 0 unspecified atom stereocenters. The molecule has 136 valence electrons. The van der Waals surface area contributed by atoms with E-state index in [1.165, 1.54) is 0 Å². The number of hydrogen-bond acceptors (Lipinski definition) is 7. The van der Waals surface area contributed by atoms with Gasteiger partial charge in [-0.2, -0.15) is 5.10 Å². The van der Waals surface area contributed by atoms with Crippen molar-refractivity contribution >= 4 is 39.1 Å². The molecule has 1 fully saturated rings. The number of aryl methyl sites for hydroxylation is 1. The van der Waals surface area contributed by atoms with E-state index in [1.54, 1.807) is 6.33 Å². The second kappa shape index (κ2) is 6.48. The third-order valence-electron chi connectivity index (χ3n) is 5.02. The third-order valence-corrected chi connectivity index (χ3v) is 5.02. The van der Waals surface area contributed by atoms with E-state index < -0.39 is 0 Å². The van der Waals surface area contributed by atoms with Gasteiger partial charge in [-0.25, -0.2) is 15.0 Å². The smallest absolute Gasteiger partial charge is 0.157 e. The highest BCUT2D eigenvalue weighted by Gasteiger charge is 2.17. The van der Waals surface area contributed by atoms with Crippen LogP contribution < -0.4 is 15.5 Å². The molecule has 1 aliphatic rings. The van der Waals surface area contributed by atoms with E-state index in [4.69, 9.17) is 0 Å². The van der Waals surface area contributed by atoms with Crippen LogP contribution in [-0.4, -0.2) is 51.3 Å². The maximum Gasteiger partial charge on any atom is 0.157 e. The van der Waals surface area contributed by atoms with Crippen LogP contribution in [0.3, 0.4) is 0 Å². The van der Waals surface area contributed by atoms with Gasteiger partial charge in [0.1, 0.15) is 17.7 Å². The Morgan fingerprint density at radius 2 is 1.93 bits per heavy atom. The van der Waals surface area contributed by atoms with Gasteiger partial charge in [0.2, 0.25) is 0 Å². The Labute approximate surface area is 156 Å². The molecule has 0 spiro atoms. The number of aromatic nitrogens is 5. The molecular weight excluding hydrogens is 340 g/mol. The fourth-order valence-electron chi connectivity index (χ4n) is 3.61. The van der Waals surface area contributed by atoms with Crippen LogP contribution in [0.1, 0.15) is 5.56 Å². The molecule has 3 N–H and O–H groups in total. The van der Waals surface area contributed by atoms with Gasteiger partial charge in [-0.1, -0.05) is 6.07 Å². The minimum absolute atomic E-state index is 0.725. The highest BCUT2D eigenvalue weighted by atomic mass is 15.2. The molecule has 3 aromatic heterocycles. The van der Waals surface area contributed by atoms with Crippen molar-refractivity contribution in [2.24, 2.45) is 0 Å². The number of anilines is 3. The van der Waals surface area contributed by atoms with E-state index in [2.05, 4.69) is 53.7 Å². The van der Waals surface area contributed by atoms with Crippen molar-refractivity contribution in [1.82, 2.24) is 30.5 Å². The van der Waals surface area contributed by atoms with Gasteiger partial charge in [0.05, 0.1) is 17.4 Å². The topological polar surface area (TPSA) is 94.7 Å². The monoisotopic (exact) mass is 360 g/mol. The summed E-state index contributed by atoms with van der Waals surface area (Å²) in [5.74, 6) is 1.69.